The van der Waals surface area contributed by atoms with Crippen molar-refractivity contribution in [2.45, 2.75) is 25.9 Å². The highest BCUT2D eigenvalue weighted by atomic mass is 15.3. The number of hydrogen-bond donors (Lipinski definition) is 2. The number of guanidine groups is 1. The molecule has 1 atom stereocenters. The van der Waals surface area contributed by atoms with E-state index in [1.54, 1.807) is 17.1 Å². The molecule has 1 fully saturated rings. The zero-order chi connectivity index (χ0) is 19.9. The van der Waals surface area contributed by atoms with E-state index in [9.17, 15) is 0 Å². The van der Waals surface area contributed by atoms with E-state index in [1.165, 1.54) is 5.69 Å². The monoisotopic (exact) mass is 389 g/mol. The van der Waals surface area contributed by atoms with Crippen molar-refractivity contribution >= 4 is 11.6 Å². The molecule has 0 amide bonds. The van der Waals surface area contributed by atoms with Gasteiger partial charge in [0.05, 0.1) is 6.54 Å². The second-order valence-electron chi connectivity index (χ2n) is 7.08. The molecule has 2 N–H and O–H groups in total. The van der Waals surface area contributed by atoms with Gasteiger partial charge in [-0.1, -0.05) is 18.2 Å². The molecular weight excluding hydrogens is 362 g/mol. The molecule has 3 heterocycles. The minimum atomic E-state index is 0.380. The fourth-order valence-electron chi connectivity index (χ4n) is 3.52. The molecule has 0 aliphatic carbocycles. The molecule has 0 saturated carbocycles. The highest BCUT2D eigenvalue weighted by molar-refractivity contribution is 5.80. The predicted octanol–water partition coefficient (Wildman–Crippen LogP) is 2.60. The SMILES string of the molecule is CCNC(=NCc1ccnc(-n2cccn2)c1)NC1CCN(c2ccccc2)C1. The molecule has 7 heteroatoms. The van der Waals surface area contributed by atoms with E-state index in [4.69, 9.17) is 4.99 Å². The summed E-state index contributed by atoms with van der Waals surface area (Å²) < 4.78 is 1.76. The van der Waals surface area contributed by atoms with Gasteiger partial charge in [-0.2, -0.15) is 5.10 Å². The third-order valence-electron chi connectivity index (χ3n) is 4.96. The van der Waals surface area contributed by atoms with Gasteiger partial charge in [-0.15, -0.1) is 0 Å². The van der Waals surface area contributed by atoms with Gasteiger partial charge in [0.15, 0.2) is 11.8 Å². The number of rotatable bonds is 6. The van der Waals surface area contributed by atoms with Crippen LogP contribution in [0.5, 0.6) is 0 Å². The van der Waals surface area contributed by atoms with Crippen LogP contribution in [-0.4, -0.2) is 46.4 Å². The van der Waals surface area contributed by atoms with Crippen LogP contribution < -0.4 is 15.5 Å². The van der Waals surface area contributed by atoms with E-state index in [1.807, 2.05) is 24.4 Å². The molecule has 4 rings (SSSR count). The number of benzene rings is 1. The molecule has 1 aliphatic heterocycles. The van der Waals surface area contributed by atoms with Gasteiger partial charge < -0.3 is 15.5 Å². The Morgan fingerprint density at radius 2 is 2.07 bits per heavy atom. The minimum Gasteiger partial charge on any atom is -0.369 e. The third kappa shape index (κ3) is 4.93. The van der Waals surface area contributed by atoms with E-state index in [-0.39, 0.29) is 0 Å². The Labute approximate surface area is 171 Å². The summed E-state index contributed by atoms with van der Waals surface area (Å²) in [6, 6.07) is 16.9. The maximum absolute atomic E-state index is 4.79. The van der Waals surface area contributed by atoms with E-state index in [2.05, 4.69) is 62.9 Å². The third-order valence-corrected chi connectivity index (χ3v) is 4.96. The van der Waals surface area contributed by atoms with E-state index in [0.29, 0.717) is 12.6 Å². The Balaban J connectivity index is 1.39. The minimum absolute atomic E-state index is 0.380. The van der Waals surface area contributed by atoms with Crippen LogP contribution in [-0.2, 0) is 6.54 Å². The van der Waals surface area contributed by atoms with Gasteiger partial charge in [-0.3, -0.25) is 0 Å². The maximum Gasteiger partial charge on any atom is 0.191 e. The molecule has 2 aromatic heterocycles. The molecule has 29 heavy (non-hydrogen) atoms. The molecule has 0 bridgehead atoms. The van der Waals surface area contributed by atoms with Gasteiger partial charge >= 0.3 is 0 Å². The quantitative estimate of drug-likeness (QED) is 0.501. The molecule has 0 spiro atoms. The molecule has 1 aliphatic rings. The van der Waals surface area contributed by atoms with Gasteiger partial charge in [-0.25, -0.2) is 14.7 Å². The van der Waals surface area contributed by atoms with Crippen LogP contribution in [0.25, 0.3) is 5.82 Å². The fourth-order valence-corrected chi connectivity index (χ4v) is 3.52. The van der Waals surface area contributed by atoms with Crippen LogP contribution in [0.4, 0.5) is 5.69 Å². The predicted molar refractivity (Wildman–Crippen MR) is 116 cm³/mol. The van der Waals surface area contributed by atoms with Crippen molar-refractivity contribution in [1.82, 2.24) is 25.4 Å². The van der Waals surface area contributed by atoms with Crippen molar-refractivity contribution in [3.63, 3.8) is 0 Å². The normalized spacial score (nSPS) is 16.8. The van der Waals surface area contributed by atoms with Crippen LogP contribution in [0.3, 0.4) is 0 Å². The fraction of sp³-hybridized carbons (Fsp3) is 0.318. The Hall–Kier alpha value is -3.35. The second kappa shape index (κ2) is 9.23. The van der Waals surface area contributed by atoms with Crippen molar-refractivity contribution in [3.05, 3.63) is 72.7 Å². The van der Waals surface area contributed by atoms with Gasteiger partial charge in [0.25, 0.3) is 0 Å². The summed E-state index contributed by atoms with van der Waals surface area (Å²) in [5.41, 5.74) is 2.38. The number of aromatic nitrogens is 3. The molecule has 3 aromatic rings. The second-order valence-corrected chi connectivity index (χ2v) is 7.08. The molecule has 0 radical (unpaired) electrons. The van der Waals surface area contributed by atoms with Crippen LogP contribution in [0.15, 0.2) is 72.1 Å². The Morgan fingerprint density at radius 3 is 2.86 bits per heavy atom. The number of aliphatic imine (C=N–C) groups is 1. The number of pyridine rings is 1. The molecular formula is C22H27N7. The van der Waals surface area contributed by atoms with E-state index >= 15 is 0 Å². The van der Waals surface area contributed by atoms with Gasteiger partial charge in [-0.05, 0) is 49.2 Å². The maximum atomic E-state index is 4.79. The summed E-state index contributed by atoms with van der Waals surface area (Å²) >= 11 is 0. The summed E-state index contributed by atoms with van der Waals surface area (Å²) in [6.45, 7) is 5.53. The summed E-state index contributed by atoms with van der Waals surface area (Å²) in [7, 11) is 0. The lowest BCUT2D eigenvalue weighted by Gasteiger charge is -2.20. The zero-order valence-electron chi connectivity index (χ0n) is 16.7. The van der Waals surface area contributed by atoms with Crippen LogP contribution in [0.1, 0.15) is 18.9 Å². The average molecular weight is 390 g/mol. The number of anilines is 1. The standard InChI is InChI=1S/C22H27N7/c1-2-23-22(27-19-10-14-28(17-19)20-7-4-3-5-8-20)25-16-18-9-12-24-21(15-18)29-13-6-11-26-29/h3-9,11-13,15,19H,2,10,14,16-17H2,1H3,(H2,23,25,27). The average Bonchev–Trinajstić information content (AvgIpc) is 3.46. The number of hydrogen-bond acceptors (Lipinski definition) is 4. The van der Waals surface area contributed by atoms with Crippen LogP contribution >= 0.6 is 0 Å². The summed E-state index contributed by atoms with van der Waals surface area (Å²) in [5, 5.41) is 11.2. The topological polar surface area (TPSA) is 70.4 Å². The molecule has 150 valence electrons. The highest BCUT2D eigenvalue weighted by Crippen LogP contribution is 2.19. The molecule has 1 saturated heterocycles. The lowest BCUT2D eigenvalue weighted by atomic mass is 10.2. The van der Waals surface area contributed by atoms with E-state index in [0.717, 1.165) is 43.4 Å². The molecule has 1 aromatic carbocycles. The summed E-state index contributed by atoms with van der Waals surface area (Å²) in [6.07, 6.45) is 6.54. The highest BCUT2D eigenvalue weighted by Gasteiger charge is 2.23. The number of nitrogens with one attached hydrogen (secondary N) is 2. The summed E-state index contributed by atoms with van der Waals surface area (Å²) in [5.74, 6) is 1.65. The first-order chi connectivity index (χ1) is 14.3. The Morgan fingerprint density at radius 1 is 1.17 bits per heavy atom. The first-order valence-corrected chi connectivity index (χ1v) is 10.1. The van der Waals surface area contributed by atoms with Gasteiger partial charge in [0.2, 0.25) is 0 Å². The van der Waals surface area contributed by atoms with Crippen LogP contribution in [0, 0.1) is 0 Å². The summed E-state index contributed by atoms with van der Waals surface area (Å²) in [4.78, 5) is 11.6. The van der Waals surface area contributed by atoms with Crippen molar-refractivity contribution < 1.29 is 0 Å². The Bertz CT molecular complexity index is 921. The molecule has 7 nitrogen and oxygen atoms in total. The first kappa shape index (κ1) is 19.0. The largest absolute Gasteiger partial charge is 0.369 e. The van der Waals surface area contributed by atoms with E-state index < -0.39 is 0 Å². The lowest BCUT2D eigenvalue weighted by molar-refractivity contribution is 0.649. The zero-order valence-corrected chi connectivity index (χ0v) is 16.7. The number of nitrogens with zero attached hydrogens (tertiary/aromatic N) is 5. The van der Waals surface area contributed by atoms with Crippen molar-refractivity contribution in [3.8, 4) is 5.82 Å². The Kier molecular flexibility index (Phi) is 6.04. The molecule has 1 unspecified atom stereocenters. The van der Waals surface area contributed by atoms with Gasteiger partial charge in [0.1, 0.15) is 0 Å². The van der Waals surface area contributed by atoms with Crippen LogP contribution in [0.2, 0.25) is 0 Å². The smallest absolute Gasteiger partial charge is 0.191 e. The first-order valence-electron chi connectivity index (χ1n) is 10.1. The van der Waals surface area contributed by atoms with Crippen molar-refractivity contribution in [2.24, 2.45) is 4.99 Å². The lowest BCUT2D eigenvalue weighted by Crippen LogP contribution is -2.44. The van der Waals surface area contributed by atoms with Crippen molar-refractivity contribution in [1.29, 1.82) is 0 Å². The number of para-hydroxylation sites is 1. The van der Waals surface area contributed by atoms with Gasteiger partial charge in [0, 0.05) is 50.0 Å². The van der Waals surface area contributed by atoms with Crippen molar-refractivity contribution in [2.75, 3.05) is 24.5 Å².